The van der Waals surface area contributed by atoms with Gasteiger partial charge in [0.25, 0.3) is 0 Å². The van der Waals surface area contributed by atoms with Crippen molar-refractivity contribution in [1.29, 1.82) is 0 Å². The van der Waals surface area contributed by atoms with Gasteiger partial charge in [-0.3, -0.25) is 9.78 Å². The number of alkyl halides is 3. The molecule has 0 amide bonds. The summed E-state index contributed by atoms with van der Waals surface area (Å²) in [5.74, 6) is -1.40. The number of pyridine rings is 1. The Morgan fingerprint density at radius 3 is 2.26 bits per heavy atom. The first-order valence-electron chi connectivity index (χ1n) is 6.02. The molecule has 0 fully saturated rings. The first kappa shape index (κ1) is 17.8. The van der Waals surface area contributed by atoms with Gasteiger partial charge in [-0.15, -0.1) is 0 Å². The second-order valence-electron chi connectivity index (χ2n) is 4.54. The van der Waals surface area contributed by atoms with Crippen molar-refractivity contribution in [3.8, 4) is 11.3 Å². The maximum absolute atomic E-state index is 12.9. The predicted octanol–water partition coefficient (Wildman–Crippen LogP) is 5.35. The van der Waals surface area contributed by atoms with Crippen molar-refractivity contribution in [2.75, 3.05) is 0 Å². The molecular formula is C14H7Cl3F3NO2. The highest BCUT2D eigenvalue weighted by atomic mass is 35.5. The molecule has 1 N–H and O–H groups in total. The lowest BCUT2D eigenvalue weighted by molar-refractivity contribution is -0.139. The van der Waals surface area contributed by atoms with Crippen LogP contribution in [0.1, 0.15) is 11.1 Å². The summed E-state index contributed by atoms with van der Waals surface area (Å²) >= 11 is 17.7. The Bertz CT molecular complexity index is 779. The molecule has 122 valence electrons. The quantitative estimate of drug-likeness (QED) is 0.725. The fourth-order valence-corrected chi connectivity index (χ4v) is 2.57. The number of hydrogen-bond donors (Lipinski definition) is 1. The molecule has 0 aliphatic heterocycles. The molecule has 0 bridgehead atoms. The molecule has 9 heteroatoms. The Morgan fingerprint density at radius 2 is 1.70 bits per heavy atom. The second kappa shape index (κ2) is 6.55. The van der Waals surface area contributed by atoms with E-state index in [9.17, 15) is 18.0 Å². The Labute approximate surface area is 143 Å². The van der Waals surface area contributed by atoms with Crippen LogP contribution in [0.4, 0.5) is 13.2 Å². The maximum Gasteiger partial charge on any atom is 0.418 e. The van der Waals surface area contributed by atoms with E-state index in [4.69, 9.17) is 39.9 Å². The van der Waals surface area contributed by atoms with Crippen LogP contribution in [0.25, 0.3) is 11.3 Å². The normalized spacial score (nSPS) is 11.6. The van der Waals surface area contributed by atoms with Crippen molar-refractivity contribution < 1.29 is 23.1 Å². The van der Waals surface area contributed by atoms with Gasteiger partial charge in [-0.2, -0.15) is 13.2 Å². The maximum atomic E-state index is 12.9. The number of benzene rings is 1. The molecule has 0 spiro atoms. The molecule has 3 nitrogen and oxygen atoms in total. The molecule has 1 aromatic heterocycles. The third kappa shape index (κ3) is 4.07. The monoisotopic (exact) mass is 383 g/mol. The number of carboxylic acids is 1. The lowest BCUT2D eigenvalue weighted by atomic mass is 10.0. The number of hydrogen-bond acceptors (Lipinski definition) is 2. The van der Waals surface area contributed by atoms with E-state index in [-0.39, 0.29) is 26.3 Å². The molecule has 0 radical (unpaired) electrons. The van der Waals surface area contributed by atoms with Gasteiger partial charge in [0.2, 0.25) is 0 Å². The van der Waals surface area contributed by atoms with Crippen molar-refractivity contribution in [2.45, 2.75) is 12.6 Å². The summed E-state index contributed by atoms with van der Waals surface area (Å²) in [7, 11) is 0. The number of halogens is 6. The van der Waals surface area contributed by atoms with Gasteiger partial charge in [-0.1, -0.05) is 34.8 Å². The minimum Gasteiger partial charge on any atom is -0.481 e. The molecule has 0 unspecified atom stereocenters. The van der Waals surface area contributed by atoms with E-state index in [1.54, 1.807) is 0 Å². The number of carbonyl (C=O) groups is 1. The summed E-state index contributed by atoms with van der Waals surface area (Å²) in [6, 6.07) is 3.71. The van der Waals surface area contributed by atoms with Crippen LogP contribution < -0.4 is 0 Å². The fourth-order valence-electron chi connectivity index (χ4n) is 1.93. The Balaban J connectivity index is 2.62. The average Bonchev–Trinajstić information content (AvgIpc) is 2.40. The zero-order valence-corrected chi connectivity index (χ0v) is 13.4. The topological polar surface area (TPSA) is 50.2 Å². The molecule has 1 heterocycles. The van der Waals surface area contributed by atoms with E-state index in [0.29, 0.717) is 6.20 Å². The number of nitrogens with zero attached hydrogens (tertiary/aromatic N) is 1. The minimum absolute atomic E-state index is 0.0674. The Kier molecular flexibility index (Phi) is 5.08. The summed E-state index contributed by atoms with van der Waals surface area (Å²) in [4.78, 5) is 14.5. The van der Waals surface area contributed by atoms with Crippen molar-refractivity contribution in [2.24, 2.45) is 0 Å². The van der Waals surface area contributed by atoms with Gasteiger partial charge in [0.1, 0.15) is 0 Å². The van der Waals surface area contributed by atoms with Gasteiger partial charge < -0.3 is 5.11 Å². The first-order valence-corrected chi connectivity index (χ1v) is 7.16. The van der Waals surface area contributed by atoms with Crippen molar-refractivity contribution in [3.05, 3.63) is 50.6 Å². The molecule has 23 heavy (non-hydrogen) atoms. The summed E-state index contributed by atoms with van der Waals surface area (Å²) in [5, 5.41) is 9.26. The van der Waals surface area contributed by atoms with Crippen LogP contribution in [0, 0.1) is 0 Å². The van der Waals surface area contributed by atoms with Gasteiger partial charge >= 0.3 is 12.1 Å². The molecule has 0 saturated heterocycles. The zero-order chi connectivity index (χ0) is 17.4. The number of aliphatic carboxylic acids is 1. The molecule has 0 aliphatic rings. The number of rotatable bonds is 3. The van der Waals surface area contributed by atoms with Crippen LogP contribution in [0.3, 0.4) is 0 Å². The first-order chi connectivity index (χ1) is 10.6. The average molecular weight is 385 g/mol. The standard InChI is InChI=1S/C14H7Cl3F3NO2/c15-9-4-11(17)10(16)3-7(9)12-1-6(2-13(22)23)8(5-21-12)14(18,19)20/h1,3-5H,2H2,(H,22,23). The van der Waals surface area contributed by atoms with Crippen LogP contribution in [0.2, 0.25) is 15.1 Å². The van der Waals surface area contributed by atoms with E-state index < -0.39 is 29.7 Å². The highest BCUT2D eigenvalue weighted by Gasteiger charge is 2.34. The molecule has 0 saturated carbocycles. The predicted molar refractivity (Wildman–Crippen MR) is 81.0 cm³/mol. The Morgan fingerprint density at radius 1 is 1.09 bits per heavy atom. The SMILES string of the molecule is O=C(O)Cc1cc(-c2cc(Cl)c(Cl)cc2Cl)ncc1C(F)(F)F. The number of carboxylic acid groups (broad SMARTS) is 1. The molecule has 2 rings (SSSR count). The third-order valence-electron chi connectivity index (χ3n) is 2.92. The minimum atomic E-state index is -4.71. The third-order valence-corrected chi connectivity index (χ3v) is 3.96. The van der Waals surface area contributed by atoms with Gasteiger partial charge in [-0.05, 0) is 23.8 Å². The van der Waals surface area contributed by atoms with Crippen molar-refractivity contribution in [3.63, 3.8) is 0 Å². The zero-order valence-electron chi connectivity index (χ0n) is 11.1. The second-order valence-corrected chi connectivity index (χ2v) is 5.76. The van der Waals surface area contributed by atoms with E-state index in [1.807, 2.05) is 0 Å². The lowest BCUT2D eigenvalue weighted by Gasteiger charge is -2.13. The summed E-state index contributed by atoms with van der Waals surface area (Å²) in [5.41, 5.74) is -1.21. The molecule has 2 aromatic rings. The molecular weight excluding hydrogens is 378 g/mol. The Hall–Kier alpha value is -1.50. The molecule has 0 atom stereocenters. The highest BCUT2D eigenvalue weighted by Crippen LogP contribution is 2.37. The highest BCUT2D eigenvalue weighted by molar-refractivity contribution is 6.44. The summed E-state index contributed by atoms with van der Waals surface area (Å²) in [6.45, 7) is 0. The fraction of sp³-hybridized carbons (Fsp3) is 0.143. The van der Waals surface area contributed by atoms with Crippen LogP contribution in [0.15, 0.2) is 24.4 Å². The van der Waals surface area contributed by atoms with E-state index in [1.165, 1.54) is 12.1 Å². The van der Waals surface area contributed by atoms with Crippen LogP contribution in [-0.2, 0) is 17.4 Å². The van der Waals surface area contributed by atoms with Crippen LogP contribution in [0.5, 0.6) is 0 Å². The summed E-state index contributed by atoms with van der Waals surface area (Å²) < 4.78 is 38.8. The van der Waals surface area contributed by atoms with Crippen molar-refractivity contribution >= 4 is 40.8 Å². The van der Waals surface area contributed by atoms with Gasteiger partial charge in [-0.25, -0.2) is 0 Å². The van der Waals surface area contributed by atoms with E-state index in [2.05, 4.69) is 4.98 Å². The number of aromatic nitrogens is 1. The van der Waals surface area contributed by atoms with Crippen LogP contribution in [-0.4, -0.2) is 16.1 Å². The van der Waals surface area contributed by atoms with E-state index in [0.717, 1.165) is 6.07 Å². The van der Waals surface area contributed by atoms with E-state index >= 15 is 0 Å². The largest absolute Gasteiger partial charge is 0.481 e. The molecule has 0 aliphatic carbocycles. The van der Waals surface area contributed by atoms with Gasteiger partial charge in [0, 0.05) is 11.8 Å². The lowest BCUT2D eigenvalue weighted by Crippen LogP contribution is -2.13. The molecule has 1 aromatic carbocycles. The van der Waals surface area contributed by atoms with Gasteiger partial charge in [0.05, 0.1) is 32.7 Å². The van der Waals surface area contributed by atoms with Crippen molar-refractivity contribution in [1.82, 2.24) is 4.98 Å². The van der Waals surface area contributed by atoms with Crippen LogP contribution >= 0.6 is 34.8 Å². The van der Waals surface area contributed by atoms with Gasteiger partial charge in [0.15, 0.2) is 0 Å². The smallest absolute Gasteiger partial charge is 0.418 e. The summed E-state index contributed by atoms with van der Waals surface area (Å²) in [6.07, 6.45) is -4.94.